The molecule has 116 valence electrons. The number of piperidine rings is 1. The molecule has 2 rings (SSSR count). The molecule has 2 saturated heterocycles. The second-order valence-corrected chi connectivity index (χ2v) is 5.63. The lowest BCUT2D eigenvalue weighted by Crippen LogP contribution is -2.47. The third-order valence-electron chi connectivity index (χ3n) is 3.99. The first-order valence-electron chi connectivity index (χ1n) is 7.24. The zero-order valence-electron chi connectivity index (χ0n) is 11.6. The standard InChI is InChI=1S/C13H22F3N3O/c14-13(15,16)10-18-7-3-11(4-8-18)17-9-12(20)19-5-1-2-6-19/h11,17H,1-10H2. The Labute approximate surface area is 117 Å². The summed E-state index contributed by atoms with van der Waals surface area (Å²) in [6, 6.07) is 0.158. The predicted molar refractivity (Wildman–Crippen MR) is 69.3 cm³/mol. The van der Waals surface area contributed by atoms with Gasteiger partial charge < -0.3 is 10.2 Å². The van der Waals surface area contributed by atoms with Crippen LogP contribution in [0.5, 0.6) is 0 Å². The number of hydrogen-bond acceptors (Lipinski definition) is 3. The molecule has 2 heterocycles. The number of carbonyl (C=O) groups is 1. The molecular formula is C13H22F3N3O. The first-order valence-corrected chi connectivity index (χ1v) is 7.24. The number of halogens is 3. The molecule has 0 spiro atoms. The molecule has 1 amide bonds. The van der Waals surface area contributed by atoms with Crippen molar-refractivity contribution in [2.24, 2.45) is 0 Å². The van der Waals surface area contributed by atoms with Crippen LogP contribution in [0.15, 0.2) is 0 Å². The van der Waals surface area contributed by atoms with E-state index in [2.05, 4.69) is 5.32 Å². The first-order chi connectivity index (χ1) is 9.44. The van der Waals surface area contributed by atoms with Gasteiger partial charge in [0.15, 0.2) is 0 Å². The molecule has 0 atom stereocenters. The Balaban J connectivity index is 1.63. The van der Waals surface area contributed by atoms with Gasteiger partial charge in [-0.1, -0.05) is 0 Å². The second-order valence-electron chi connectivity index (χ2n) is 5.63. The van der Waals surface area contributed by atoms with E-state index in [9.17, 15) is 18.0 Å². The third-order valence-corrected chi connectivity index (χ3v) is 3.99. The molecule has 20 heavy (non-hydrogen) atoms. The molecule has 7 heteroatoms. The van der Waals surface area contributed by atoms with Crippen LogP contribution in [0.4, 0.5) is 13.2 Å². The number of nitrogens with zero attached hydrogens (tertiary/aromatic N) is 2. The number of amides is 1. The summed E-state index contributed by atoms with van der Waals surface area (Å²) in [5, 5.41) is 3.18. The monoisotopic (exact) mass is 293 g/mol. The molecule has 0 radical (unpaired) electrons. The van der Waals surface area contributed by atoms with E-state index in [0.717, 1.165) is 25.9 Å². The third kappa shape index (κ3) is 4.94. The quantitative estimate of drug-likeness (QED) is 0.847. The Morgan fingerprint density at radius 2 is 1.70 bits per heavy atom. The lowest BCUT2D eigenvalue weighted by molar-refractivity contribution is -0.148. The fourth-order valence-corrected chi connectivity index (χ4v) is 2.86. The van der Waals surface area contributed by atoms with Crippen LogP contribution in [0.3, 0.4) is 0 Å². The van der Waals surface area contributed by atoms with Crippen molar-refractivity contribution < 1.29 is 18.0 Å². The van der Waals surface area contributed by atoms with Crippen LogP contribution in [-0.2, 0) is 4.79 Å². The number of hydrogen-bond donors (Lipinski definition) is 1. The van der Waals surface area contributed by atoms with E-state index >= 15 is 0 Å². The summed E-state index contributed by atoms with van der Waals surface area (Å²) < 4.78 is 36.8. The van der Waals surface area contributed by atoms with Crippen molar-refractivity contribution in [2.45, 2.75) is 37.9 Å². The molecule has 0 aromatic carbocycles. The van der Waals surface area contributed by atoms with Gasteiger partial charge in [-0.25, -0.2) is 0 Å². The summed E-state index contributed by atoms with van der Waals surface area (Å²) in [6.07, 6.45) is -0.637. The van der Waals surface area contributed by atoms with E-state index in [-0.39, 0.29) is 11.9 Å². The minimum atomic E-state index is -4.12. The summed E-state index contributed by atoms with van der Waals surface area (Å²) in [6.45, 7) is 2.04. The molecule has 0 saturated carbocycles. The van der Waals surface area contributed by atoms with Gasteiger partial charge in [0.25, 0.3) is 0 Å². The summed E-state index contributed by atoms with van der Waals surface area (Å²) in [4.78, 5) is 15.1. The second kappa shape index (κ2) is 6.76. The summed E-state index contributed by atoms with van der Waals surface area (Å²) >= 11 is 0. The summed E-state index contributed by atoms with van der Waals surface area (Å²) in [5.41, 5.74) is 0. The SMILES string of the molecule is O=C(CNC1CCN(CC(F)(F)F)CC1)N1CCCC1. The van der Waals surface area contributed by atoms with Crippen LogP contribution >= 0.6 is 0 Å². The number of carbonyl (C=O) groups excluding carboxylic acids is 1. The van der Waals surface area contributed by atoms with E-state index < -0.39 is 12.7 Å². The van der Waals surface area contributed by atoms with Gasteiger partial charge in [-0.15, -0.1) is 0 Å². The first kappa shape index (κ1) is 15.6. The van der Waals surface area contributed by atoms with Gasteiger partial charge in [-0.3, -0.25) is 9.69 Å². The zero-order chi connectivity index (χ0) is 14.6. The van der Waals surface area contributed by atoms with Gasteiger partial charge >= 0.3 is 6.18 Å². The van der Waals surface area contributed by atoms with Crippen molar-refractivity contribution in [2.75, 3.05) is 39.3 Å². The van der Waals surface area contributed by atoms with E-state index in [1.165, 1.54) is 4.90 Å². The summed E-state index contributed by atoms with van der Waals surface area (Å²) in [5.74, 6) is 0.111. The van der Waals surface area contributed by atoms with Gasteiger partial charge in [0.2, 0.25) is 5.91 Å². The van der Waals surface area contributed by atoms with Crippen LogP contribution < -0.4 is 5.32 Å². The number of rotatable bonds is 4. The van der Waals surface area contributed by atoms with Crippen LogP contribution in [0.2, 0.25) is 0 Å². The Hall–Kier alpha value is -0.820. The van der Waals surface area contributed by atoms with Gasteiger partial charge in [-0.05, 0) is 38.8 Å². The van der Waals surface area contributed by atoms with Crippen LogP contribution in [0, 0.1) is 0 Å². The minimum absolute atomic E-state index is 0.111. The lowest BCUT2D eigenvalue weighted by Gasteiger charge is -2.33. The highest BCUT2D eigenvalue weighted by Crippen LogP contribution is 2.19. The number of likely N-dealkylation sites (tertiary alicyclic amines) is 2. The molecule has 0 unspecified atom stereocenters. The molecule has 2 fully saturated rings. The molecule has 2 aliphatic rings. The maximum absolute atomic E-state index is 12.3. The highest BCUT2D eigenvalue weighted by molar-refractivity contribution is 5.78. The predicted octanol–water partition coefficient (Wildman–Crippen LogP) is 1.23. The maximum Gasteiger partial charge on any atom is 0.401 e. The van der Waals surface area contributed by atoms with Gasteiger partial charge in [0, 0.05) is 19.1 Å². The Morgan fingerprint density at radius 1 is 1.10 bits per heavy atom. The normalized spacial score (nSPS) is 22.4. The van der Waals surface area contributed by atoms with Crippen molar-refractivity contribution in [3.05, 3.63) is 0 Å². The fourth-order valence-electron chi connectivity index (χ4n) is 2.86. The van der Waals surface area contributed by atoms with Crippen LogP contribution in [0.25, 0.3) is 0 Å². The summed E-state index contributed by atoms with van der Waals surface area (Å²) in [7, 11) is 0. The lowest BCUT2D eigenvalue weighted by atomic mass is 10.1. The van der Waals surface area contributed by atoms with Gasteiger partial charge in [0.1, 0.15) is 0 Å². The number of nitrogens with one attached hydrogen (secondary N) is 1. The molecule has 0 aromatic rings. The van der Waals surface area contributed by atoms with E-state index in [1.807, 2.05) is 4.90 Å². The zero-order valence-corrected chi connectivity index (χ0v) is 11.6. The maximum atomic E-state index is 12.3. The van der Waals surface area contributed by atoms with Crippen LogP contribution in [0.1, 0.15) is 25.7 Å². The van der Waals surface area contributed by atoms with E-state index in [1.54, 1.807) is 0 Å². The molecule has 4 nitrogen and oxygen atoms in total. The van der Waals surface area contributed by atoms with Crippen molar-refractivity contribution >= 4 is 5.91 Å². The topological polar surface area (TPSA) is 35.6 Å². The average molecular weight is 293 g/mol. The van der Waals surface area contributed by atoms with Crippen molar-refractivity contribution in [1.82, 2.24) is 15.1 Å². The Kier molecular flexibility index (Phi) is 5.26. The van der Waals surface area contributed by atoms with Crippen molar-refractivity contribution in [3.8, 4) is 0 Å². The minimum Gasteiger partial charge on any atom is -0.342 e. The largest absolute Gasteiger partial charge is 0.401 e. The van der Waals surface area contributed by atoms with Gasteiger partial charge in [-0.2, -0.15) is 13.2 Å². The highest BCUT2D eigenvalue weighted by atomic mass is 19.4. The molecule has 0 bridgehead atoms. The average Bonchev–Trinajstić information content (AvgIpc) is 2.89. The fraction of sp³-hybridized carbons (Fsp3) is 0.923. The van der Waals surface area contributed by atoms with Gasteiger partial charge in [0.05, 0.1) is 13.1 Å². The molecular weight excluding hydrogens is 271 g/mol. The molecule has 0 aromatic heterocycles. The Morgan fingerprint density at radius 3 is 2.25 bits per heavy atom. The van der Waals surface area contributed by atoms with Crippen LogP contribution in [-0.4, -0.2) is 67.2 Å². The molecule has 1 N–H and O–H groups in total. The molecule has 0 aliphatic carbocycles. The smallest absolute Gasteiger partial charge is 0.342 e. The number of alkyl halides is 3. The van der Waals surface area contributed by atoms with Crippen molar-refractivity contribution in [1.29, 1.82) is 0 Å². The van der Waals surface area contributed by atoms with E-state index in [4.69, 9.17) is 0 Å². The van der Waals surface area contributed by atoms with E-state index in [0.29, 0.717) is 32.5 Å². The highest BCUT2D eigenvalue weighted by Gasteiger charge is 2.32. The Bertz CT molecular complexity index is 321. The molecule has 2 aliphatic heterocycles. The van der Waals surface area contributed by atoms with Crippen molar-refractivity contribution in [3.63, 3.8) is 0 Å².